The van der Waals surface area contributed by atoms with Crippen molar-refractivity contribution >= 4 is 65.0 Å². The summed E-state index contributed by atoms with van der Waals surface area (Å²) in [6, 6.07) is 52.1. The van der Waals surface area contributed by atoms with E-state index in [0.29, 0.717) is 0 Å². The summed E-state index contributed by atoms with van der Waals surface area (Å²) < 4.78 is 0. The summed E-state index contributed by atoms with van der Waals surface area (Å²) in [6.45, 7) is 0. The van der Waals surface area contributed by atoms with E-state index in [-0.39, 0.29) is 5.92 Å². The normalized spacial score (nSPS) is 16.8. The van der Waals surface area contributed by atoms with Crippen molar-refractivity contribution in [1.29, 1.82) is 0 Å². The fourth-order valence-electron chi connectivity index (χ4n) is 8.66. The third kappa shape index (κ3) is 4.30. The Kier molecular flexibility index (Phi) is 6.24. The van der Waals surface area contributed by atoms with Gasteiger partial charge in [-0.05, 0) is 130 Å². The zero-order valence-corrected chi connectivity index (χ0v) is 26.8. The molecule has 0 bridgehead atoms. The molecule has 0 spiro atoms. The van der Waals surface area contributed by atoms with Crippen LogP contribution in [0.3, 0.4) is 0 Å². The van der Waals surface area contributed by atoms with E-state index >= 15 is 0 Å². The van der Waals surface area contributed by atoms with Gasteiger partial charge in [-0.25, -0.2) is 0 Å². The number of hydrogen-bond donors (Lipinski definition) is 0. The molecular formula is C48H34. The quantitative estimate of drug-likeness (QED) is 0.137. The summed E-state index contributed by atoms with van der Waals surface area (Å²) in [7, 11) is 0. The van der Waals surface area contributed by atoms with Crippen LogP contribution in [0.1, 0.15) is 41.9 Å². The fourth-order valence-corrected chi connectivity index (χ4v) is 8.66. The first-order valence-electron chi connectivity index (χ1n) is 17.2. The molecule has 0 N–H and O–H groups in total. The molecule has 8 aromatic rings. The molecule has 2 aliphatic carbocycles. The summed E-state index contributed by atoms with van der Waals surface area (Å²) in [5.74, 6) is 0.228. The van der Waals surface area contributed by atoms with Crippen molar-refractivity contribution in [3.63, 3.8) is 0 Å². The molecule has 0 aliphatic heterocycles. The van der Waals surface area contributed by atoms with E-state index < -0.39 is 0 Å². The van der Waals surface area contributed by atoms with Crippen LogP contribution in [0.25, 0.3) is 65.0 Å². The van der Waals surface area contributed by atoms with Gasteiger partial charge in [-0.2, -0.15) is 0 Å². The predicted octanol–water partition coefficient (Wildman–Crippen LogP) is 13.2. The highest BCUT2D eigenvalue weighted by atomic mass is 14.3. The molecule has 1 unspecified atom stereocenters. The molecule has 226 valence electrons. The summed E-state index contributed by atoms with van der Waals surface area (Å²) in [6.07, 6.45) is 12.7. The fraction of sp³-hybridized carbons (Fsp3) is 0.0833. The van der Waals surface area contributed by atoms with Crippen molar-refractivity contribution in [2.24, 2.45) is 0 Å². The van der Waals surface area contributed by atoms with Gasteiger partial charge in [-0.1, -0.05) is 146 Å². The van der Waals surface area contributed by atoms with Gasteiger partial charge in [-0.15, -0.1) is 0 Å². The van der Waals surface area contributed by atoms with Crippen molar-refractivity contribution in [2.75, 3.05) is 0 Å². The maximum atomic E-state index is 2.51. The molecular weight excluding hydrogens is 577 g/mol. The molecule has 0 saturated carbocycles. The van der Waals surface area contributed by atoms with Crippen LogP contribution >= 0.6 is 0 Å². The molecule has 10 rings (SSSR count). The average Bonchev–Trinajstić information content (AvgIpc) is 3.16. The Bertz CT molecular complexity index is 2680. The first-order valence-corrected chi connectivity index (χ1v) is 17.2. The lowest BCUT2D eigenvalue weighted by atomic mass is 9.72. The van der Waals surface area contributed by atoms with Gasteiger partial charge in [0.2, 0.25) is 0 Å². The van der Waals surface area contributed by atoms with Gasteiger partial charge in [-0.3, -0.25) is 0 Å². The third-order valence-corrected chi connectivity index (χ3v) is 10.9. The van der Waals surface area contributed by atoms with E-state index in [1.165, 1.54) is 92.8 Å². The number of fused-ring (bicyclic) bond motifs is 2. The number of rotatable bonds is 4. The highest BCUT2D eigenvalue weighted by Gasteiger charge is 2.29. The Morgan fingerprint density at radius 3 is 2.08 bits per heavy atom. The smallest absolute Gasteiger partial charge is 0.0139 e. The lowest BCUT2D eigenvalue weighted by Crippen LogP contribution is -2.12. The predicted molar refractivity (Wildman–Crippen MR) is 207 cm³/mol. The van der Waals surface area contributed by atoms with Crippen LogP contribution < -0.4 is 0 Å². The maximum Gasteiger partial charge on any atom is 0.0139 e. The molecule has 8 aromatic carbocycles. The second-order valence-electron chi connectivity index (χ2n) is 13.5. The highest BCUT2D eigenvalue weighted by Crippen LogP contribution is 2.49. The first-order chi connectivity index (χ1) is 23.8. The first kappa shape index (κ1) is 27.4. The van der Waals surface area contributed by atoms with Crippen molar-refractivity contribution in [1.82, 2.24) is 0 Å². The zero-order chi connectivity index (χ0) is 31.6. The minimum absolute atomic E-state index is 0.228. The lowest BCUT2D eigenvalue weighted by molar-refractivity contribution is 0.802. The topological polar surface area (TPSA) is 0 Å². The number of benzene rings is 8. The third-order valence-electron chi connectivity index (χ3n) is 10.9. The molecule has 1 atom stereocenters. The van der Waals surface area contributed by atoms with Crippen LogP contribution in [0.4, 0.5) is 0 Å². The molecule has 0 heteroatoms. The van der Waals surface area contributed by atoms with Crippen LogP contribution in [0.15, 0.2) is 175 Å². The van der Waals surface area contributed by atoms with Gasteiger partial charge in [0.15, 0.2) is 0 Å². The van der Waals surface area contributed by atoms with Crippen molar-refractivity contribution in [3.8, 4) is 0 Å². The summed E-state index contributed by atoms with van der Waals surface area (Å²) in [4.78, 5) is 0. The molecule has 0 heterocycles. The molecule has 0 aromatic heterocycles. The van der Waals surface area contributed by atoms with Crippen LogP contribution in [0.5, 0.6) is 0 Å². The SMILES string of the molecule is C1=CC(c2cccc3cc4ccccc4cc23)=C(C2=CC=C(c3ccccc3)CC2c2cc3cccc4ccc5cccc2c5c43)CC1. The van der Waals surface area contributed by atoms with Crippen LogP contribution in [0.2, 0.25) is 0 Å². The summed E-state index contributed by atoms with van der Waals surface area (Å²) in [5.41, 5.74) is 9.79. The number of hydrogen-bond acceptors (Lipinski definition) is 0. The van der Waals surface area contributed by atoms with Gasteiger partial charge in [0.1, 0.15) is 0 Å². The standard InChI is InChI=1S/C48H34/c1-2-11-31(12-3-1)36-25-26-42(45(29-36)46-30-38-18-8-15-32-23-24-33-16-9-22-43(46)48(33)47(32)38)40-20-7-6-19-39(40)41-21-10-17-37-27-34-13-4-5-14-35(34)28-44(37)41/h1-6,8-19,21-28,30,45H,7,20,29H2. The highest BCUT2D eigenvalue weighted by molar-refractivity contribution is 6.24. The molecule has 0 radical (unpaired) electrons. The molecule has 0 nitrogen and oxygen atoms in total. The van der Waals surface area contributed by atoms with E-state index in [1.807, 2.05) is 0 Å². The Hall–Kier alpha value is -5.72. The average molecular weight is 611 g/mol. The monoisotopic (exact) mass is 610 g/mol. The largest absolute Gasteiger partial charge is 0.0836 e. The molecule has 0 saturated heterocycles. The lowest BCUT2D eigenvalue weighted by Gasteiger charge is -2.31. The molecule has 0 amide bonds. The minimum atomic E-state index is 0.228. The van der Waals surface area contributed by atoms with E-state index in [1.54, 1.807) is 0 Å². The van der Waals surface area contributed by atoms with Crippen molar-refractivity contribution in [2.45, 2.75) is 25.2 Å². The number of allylic oxidation sites excluding steroid dienone is 8. The van der Waals surface area contributed by atoms with Gasteiger partial charge in [0.05, 0.1) is 0 Å². The zero-order valence-electron chi connectivity index (χ0n) is 26.8. The van der Waals surface area contributed by atoms with E-state index in [0.717, 1.165) is 19.3 Å². The Morgan fingerprint density at radius 1 is 0.500 bits per heavy atom. The Morgan fingerprint density at radius 2 is 1.21 bits per heavy atom. The summed E-state index contributed by atoms with van der Waals surface area (Å²) in [5, 5.41) is 13.3. The molecule has 2 aliphatic rings. The van der Waals surface area contributed by atoms with Gasteiger partial charge < -0.3 is 0 Å². The Labute approximate surface area is 281 Å². The van der Waals surface area contributed by atoms with Crippen LogP contribution in [-0.2, 0) is 0 Å². The second kappa shape index (κ2) is 10.9. The maximum absolute atomic E-state index is 2.51. The van der Waals surface area contributed by atoms with E-state index in [9.17, 15) is 0 Å². The second-order valence-corrected chi connectivity index (χ2v) is 13.5. The molecule has 48 heavy (non-hydrogen) atoms. The van der Waals surface area contributed by atoms with Crippen LogP contribution in [0, 0.1) is 0 Å². The Balaban J connectivity index is 1.24. The van der Waals surface area contributed by atoms with E-state index in [2.05, 4.69) is 164 Å². The summed E-state index contributed by atoms with van der Waals surface area (Å²) >= 11 is 0. The van der Waals surface area contributed by atoms with Crippen molar-refractivity contribution in [3.05, 3.63) is 192 Å². The van der Waals surface area contributed by atoms with Crippen molar-refractivity contribution < 1.29 is 0 Å². The molecule has 0 fully saturated rings. The van der Waals surface area contributed by atoms with Gasteiger partial charge in [0, 0.05) is 5.92 Å². The minimum Gasteiger partial charge on any atom is -0.0836 e. The van der Waals surface area contributed by atoms with Gasteiger partial charge in [0.25, 0.3) is 0 Å². The van der Waals surface area contributed by atoms with Crippen LogP contribution in [-0.4, -0.2) is 0 Å². The van der Waals surface area contributed by atoms with E-state index in [4.69, 9.17) is 0 Å². The van der Waals surface area contributed by atoms with Gasteiger partial charge >= 0.3 is 0 Å².